The number of carbonyl (C=O) groups excluding carboxylic acids is 3. The summed E-state index contributed by atoms with van der Waals surface area (Å²) in [6, 6.07) is 7.68. The Morgan fingerprint density at radius 1 is 1.24 bits per heavy atom. The summed E-state index contributed by atoms with van der Waals surface area (Å²) in [6.45, 7) is 0.890. The van der Waals surface area contributed by atoms with Crippen LogP contribution in [0.4, 0.5) is 5.69 Å². The molecule has 0 aliphatic carbocycles. The molecule has 4 rings (SSSR count). The van der Waals surface area contributed by atoms with Crippen LogP contribution in [0.25, 0.3) is 0 Å². The van der Waals surface area contributed by atoms with Crippen LogP contribution < -0.4 is 5.32 Å². The van der Waals surface area contributed by atoms with Crippen LogP contribution in [-0.4, -0.2) is 53.2 Å². The molecular formula is C17H14ClN3O3S. The number of hydrogen-bond donors (Lipinski definition) is 1. The molecule has 2 aromatic rings. The van der Waals surface area contributed by atoms with Crippen molar-refractivity contribution in [2.45, 2.75) is 6.04 Å². The highest BCUT2D eigenvalue weighted by molar-refractivity contribution is 7.12. The van der Waals surface area contributed by atoms with Gasteiger partial charge in [0.2, 0.25) is 5.91 Å². The first-order valence-electron chi connectivity index (χ1n) is 7.79. The highest BCUT2D eigenvalue weighted by Gasteiger charge is 2.40. The van der Waals surface area contributed by atoms with Gasteiger partial charge in [-0.05, 0) is 29.6 Å². The fourth-order valence-electron chi connectivity index (χ4n) is 3.17. The van der Waals surface area contributed by atoms with E-state index in [4.69, 9.17) is 11.6 Å². The molecule has 1 atom stereocenters. The molecule has 1 aromatic heterocycles. The Labute approximate surface area is 153 Å². The van der Waals surface area contributed by atoms with Crippen LogP contribution in [0.15, 0.2) is 35.7 Å². The van der Waals surface area contributed by atoms with Gasteiger partial charge in [0, 0.05) is 18.1 Å². The minimum Gasteiger partial charge on any atom is -0.334 e. The Morgan fingerprint density at radius 3 is 2.84 bits per heavy atom. The van der Waals surface area contributed by atoms with E-state index in [0.717, 1.165) is 0 Å². The van der Waals surface area contributed by atoms with Crippen LogP contribution in [0.5, 0.6) is 0 Å². The molecule has 1 saturated heterocycles. The van der Waals surface area contributed by atoms with Gasteiger partial charge in [-0.1, -0.05) is 17.7 Å². The number of anilines is 1. The van der Waals surface area contributed by atoms with E-state index in [1.54, 1.807) is 29.2 Å². The number of nitrogens with zero attached hydrogens (tertiary/aromatic N) is 2. The molecule has 25 heavy (non-hydrogen) atoms. The number of hydrogen-bond acceptors (Lipinski definition) is 4. The average Bonchev–Trinajstić information content (AvgIpc) is 3.11. The first-order valence-corrected chi connectivity index (χ1v) is 9.04. The molecule has 128 valence electrons. The van der Waals surface area contributed by atoms with Crippen molar-refractivity contribution in [3.05, 3.63) is 51.2 Å². The van der Waals surface area contributed by atoms with Crippen LogP contribution in [0.1, 0.15) is 20.0 Å². The molecule has 3 amide bonds. The number of nitrogens with one attached hydrogen (secondary N) is 1. The van der Waals surface area contributed by atoms with Crippen LogP contribution in [0, 0.1) is 0 Å². The minimum atomic E-state index is -0.712. The second kappa shape index (κ2) is 6.16. The third-order valence-corrected chi connectivity index (χ3v) is 5.53. The topological polar surface area (TPSA) is 69.7 Å². The Hall–Kier alpha value is -2.38. The standard InChI is InChI=1S/C17H14ClN3O3S/c18-10-3-4-11-12(8-10)19-15(22)13-9-20(5-6-21(13)16(11)23)17(24)14-2-1-7-25-14/h1-4,7-8,13H,5-6,9H2,(H,19,22)/t13-/m1/s1. The second-order valence-electron chi connectivity index (χ2n) is 5.92. The molecule has 0 unspecified atom stereocenters. The van der Waals surface area contributed by atoms with Gasteiger partial charge in [0.05, 0.1) is 22.7 Å². The van der Waals surface area contributed by atoms with Crippen molar-refractivity contribution in [3.63, 3.8) is 0 Å². The van der Waals surface area contributed by atoms with Gasteiger partial charge in [-0.3, -0.25) is 14.4 Å². The van der Waals surface area contributed by atoms with Crippen molar-refractivity contribution >= 4 is 46.3 Å². The Morgan fingerprint density at radius 2 is 2.08 bits per heavy atom. The van der Waals surface area contributed by atoms with E-state index >= 15 is 0 Å². The maximum atomic E-state index is 12.8. The minimum absolute atomic E-state index is 0.111. The number of carbonyl (C=O) groups is 3. The summed E-state index contributed by atoms with van der Waals surface area (Å²) in [5.41, 5.74) is 0.825. The van der Waals surface area contributed by atoms with Crippen molar-refractivity contribution in [1.29, 1.82) is 0 Å². The smallest absolute Gasteiger partial charge is 0.264 e. The third kappa shape index (κ3) is 2.79. The van der Waals surface area contributed by atoms with Crippen molar-refractivity contribution in [2.24, 2.45) is 0 Å². The fourth-order valence-corrected chi connectivity index (χ4v) is 4.03. The summed E-state index contributed by atoms with van der Waals surface area (Å²) in [5, 5.41) is 5.05. The van der Waals surface area contributed by atoms with E-state index in [0.29, 0.717) is 34.2 Å². The fraction of sp³-hybridized carbons (Fsp3) is 0.235. The first-order chi connectivity index (χ1) is 12.0. The predicted octanol–water partition coefficient (Wildman–Crippen LogP) is 2.32. The largest absolute Gasteiger partial charge is 0.334 e. The van der Waals surface area contributed by atoms with E-state index in [1.807, 2.05) is 11.4 Å². The molecule has 6 nitrogen and oxygen atoms in total. The van der Waals surface area contributed by atoms with Gasteiger partial charge in [-0.2, -0.15) is 0 Å². The lowest BCUT2D eigenvalue weighted by Gasteiger charge is -2.39. The lowest BCUT2D eigenvalue weighted by molar-refractivity contribution is -0.121. The number of thiophene rings is 1. The zero-order valence-corrected chi connectivity index (χ0v) is 14.6. The number of amides is 3. The SMILES string of the molecule is O=C1Nc2cc(Cl)ccc2C(=O)N2CCN(C(=O)c3cccs3)C[C@H]12. The molecule has 1 N–H and O–H groups in total. The van der Waals surface area contributed by atoms with Crippen molar-refractivity contribution in [2.75, 3.05) is 25.0 Å². The molecule has 2 aliphatic heterocycles. The van der Waals surface area contributed by atoms with Crippen molar-refractivity contribution < 1.29 is 14.4 Å². The molecule has 1 fully saturated rings. The number of halogens is 1. The molecule has 1 aromatic carbocycles. The number of piperazine rings is 1. The molecule has 8 heteroatoms. The highest BCUT2D eigenvalue weighted by Crippen LogP contribution is 2.28. The summed E-state index contributed by atoms with van der Waals surface area (Å²) in [7, 11) is 0. The van der Waals surface area contributed by atoms with E-state index < -0.39 is 6.04 Å². The summed E-state index contributed by atoms with van der Waals surface area (Å²) >= 11 is 7.34. The van der Waals surface area contributed by atoms with Crippen molar-refractivity contribution in [1.82, 2.24) is 9.80 Å². The maximum Gasteiger partial charge on any atom is 0.264 e. The van der Waals surface area contributed by atoms with E-state index in [9.17, 15) is 14.4 Å². The molecule has 2 aliphatic rings. The van der Waals surface area contributed by atoms with Crippen LogP contribution >= 0.6 is 22.9 Å². The third-order valence-electron chi connectivity index (χ3n) is 4.43. The van der Waals surface area contributed by atoms with Gasteiger partial charge in [0.25, 0.3) is 11.8 Å². The van der Waals surface area contributed by atoms with E-state index in [-0.39, 0.29) is 24.3 Å². The normalized spacial score (nSPS) is 19.8. The molecule has 0 spiro atoms. The molecular weight excluding hydrogens is 362 g/mol. The molecule has 0 bridgehead atoms. The summed E-state index contributed by atoms with van der Waals surface area (Å²) in [5.74, 6) is -0.643. The van der Waals surface area contributed by atoms with Gasteiger partial charge < -0.3 is 15.1 Å². The summed E-state index contributed by atoms with van der Waals surface area (Å²) in [6.07, 6.45) is 0. The summed E-state index contributed by atoms with van der Waals surface area (Å²) < 4.78 is 0. The second-order valence-corrected chi connectivity index (χ2v) is 7.31. The lowest BCUT2D eigenvalue weighted by atomic mass is 10.1. The van der Waals surface area contributed by atoms with Gasteiger partial charge >= 0.3 is 0 Å². The number of fused-ring (bicyclic) bond motifs is 2. The van der Waals surface area contributed by atoms with Gasteiger partial charge in [0.1, 0.15) is 6.04 Å². The average molecular weight is 376 g/mol. The first kappa shape index (κ1) is 16.1. The van der Waals surface area contributed by atoms with E-state index in [1.165, 1.54) is 16.2 Å². The quantitative estimate of drug-likeness (QED) is 0.831. The van der Waals surface area contributed by atoms with Crippen LogP contribution in [0.3, 0.4) is 0 Å². The maximum absolute atomic E-state index is 12.8. The Balaban J connectivity index is 1.62. The predicted molar refractivity (Wildman–Crippen MR) is 95.1 cm³/mol. The number of benzene rings is 1. The van der Waals surface area contributed by atoms with E-state index in [2.05, 4.69) is 5.32 Å². The lowest BCUT2D eigenvalue weighted by Crippen LogP contribution is -2.59. The Kier molecular flexibility index (Phi) is 3.97. The van der Waals surface area contributed by atoms with Gasteiger partial charge in [0.15, 0.2) is 0 Å². The summed E-state index contributed by atoms with van der Waals surface area (Å²) in [4.78, 5) is 41.8. The van der Waals surface area contributed by atoms with Gasteiger partial charge in [-0.15, -0.1) is 11.3 Å². The van der Waals surface area contributed by atoms with Gasteiger partial charge in [-0.25, -0.2) is 0 Å². The zero-order valence-electron chi connectivity index (χ0n) is 13.1. The highest BCUT2D eigenvalue weighted by atomic mass is 35.5. The Bertz CT molecular complexity index is 868. The number of rotatable bonds is 1. The zero-order chi connectivity index (χ0) is 17.6. The molecule has 3 heterocycles. The van der Waals surface area contributed by atoms with Crippen LogP contribution in [-0.2, 0) is 4.79 Å². The molecule has 0 saturated carbocycles. The van der Waals surface area contributed by atoms with Crippen LogP contribution in [0.2, 0.25) is 5.02 Å². The van der Waals surface area contributed by atoms with Crippen molar-refractivity contribution in [3.8, 4) is 0 Å². The molecule has 0 radical (unpaired) electrons. The monoisotopic (exact) mass is 375 g/mol.